The molecule has 0 unspecified atom stereocenters. The lowest BCUT2D eigenvalue weighted by molar-refractivity contribution is 0.101. The molecule has 0 saturated carbocycles. The van der Waals surface area contributed by atoms with E-state index in [2.05, 4.69) is 4.72 Å². The second kappa shape index (κ2) is 6.00. The third-order valence-electron chi connectivity index (χ3n) is 3.19. The molecule has 2 aromatic rings. The fourth-order valence-corrected chi connectivity index (χ4v) is 3.22. The van der Waals surface area contributed by atoms with Crippen LogP contribution in [0.2, 0.25) is 0 Å². The molecule has 2 rings (SSSR count). The van der Waals surface area contributed by atoms with Crippen molar-refractivity contribution in [2.75, 3.05) is 4.72 Å². The third-order valence-corrected chi connectivity index (χ3v) is 4.61. The van der Waals surface area contributed by atoms with Crippen molar-refractivity contribution in [2.45, 2.75) is 18.7 Å². The van der Waals surface area contributed by atoms with E-state index in [1.807, 2.05) is 6.07 Å². The molecule has 0 amide bonds. The SMILES string of the molecule is CC(=O)c1ccc(C)c(NS(=O)(=O)c2ccccc2C#N)c1. The number of sulfonamides is 1. The summed E-state index contributed by atoms with van der Waals surface area (Å²) in [7, 11) is -3.90. The average Bonchev–Trinajstić information content (AvgIpc) is 2.49. The topological polar surface area (TPSA) is 87.0 Å². The molecule has 22 heavy (non-hydrogen) atoms. The molecular formula is C16H14N2O3S. The van der Waals surface area contributed by atoms with Gasteiger partial charge in [-0.05, 0) is 37.6 Å². The molecule has 2 aromatic carbocycles. The van der Waals surface area contributed by atoms with Gasteiger partial charge >= 0.3 is 0 Å². The summed E-state index contributed by atoms with van der Waals surface area (Å²) in [5.74, 6) is -0.155. The van der Waals surface area contributed by atoms with Crippen LogP contribution >= 0.6 is 0 Å². The van der Waals surface area contributed by atoms with Gasteiger partial charge in [0.2, 0.25) is 0 Å². The number of aryl methyl sites for hydroxylation is 1. The fraction of sp³-hybridized carbons (Fsp3) is 0.125. The molecule has 1 N–H and O–H groups in total. The molecule has 0 radical (unpaired) electrons. The number of nitriles is 1. The van der Waals surface area contributed by atoms with E-state index in [0.29, 0.717) is 16.8 Å². The Hall–Kier alpha value is -2.65. The molecule has 0 spiro atoms. The predicted octanol–water partition coefficient (Wildman–Crippen LogP) is 2.87. The Morgan fingerprint density at radius 1 is 1.18 bits per heavy atom. The maximum Gasteiger partial charge on any atom is 0.263 e. The first-order valence-electron chi connectivity index (χ1n) is 6.48. The minimum atomic E-state index is -3.90. The molecule has 0 fully saturated rings. The highest BCUT2D eigenvalue weighted by Gasteiger charge is 2.19. The summed E-state index contributed by atoms with van der Waals surface area (Å²) in [4.78, 5) is 11.3. The number of nitrogens with zero attached hydrogens (tertiary/aromatic N) is 1. The molecule has 0 atom stereocenters. The van der Waals surface area contributed by atoms with E-state index >= 15 is 0 Å². The monoisotopic (exact) mass is 314 g/mol. The summed E-state index contributed by atoms with van der Waals surface area (Å²) in [6.07, 6.45) is 0. The molecule has 0 saturated heterocycles. The van der Waals surface area contributed by atoms with Gasteiger partial charge in [0.1, 0.15) is 11.0 Å². The van der Waals surface area contributed by atoms with E-state index in [0.717, 1.165) is 0 Å². The van der Waals surface area contributed by atoms with Crippen LogP contribution in [0.1, 0.15) is 28.4 Å². The van der Waals surface area contributed by atoms with Gasteiger partial charge in [0.25, 0.3) is 10.0 Å². The molecule has 0 aliphatic heterocycles. The van der Waals surface area contributed by atoms with Crippen LogP contribution in [0.25, 0.3) is 0 Å². The second-order valence-corrected chi connectivity index (χ2v) is 6.45. The Bertz CT molecular complexity index is 881. The standard InChI is InChI=1S/C16H14N2O3S/c1-11-7-8-13(12(2)19)9-15(11)18-22(20,21)16-6-4-3-5-14(16)10-17/h3-9,18H,1-2H3. The first-order valence-corrected chi connectivity index (χ1v) is 7.97. The molecule has 6 heteroatoms. The second-order valence-electron chi connectivity index (χ2n) is 4.80. The summed E-state index contributed by atoms with van der Waals surface area (Å²) in [5, 5.41) is 9.03. The highest BCUT2D eigenvalue weighted by molar-refractivity contribution is 7.92. The predicted molar refractivity (Wildman–Crippen MR) is 83.1 cm³/mol. The Morgan fingerprint density at radius 2 is 1.86 bits per heavy atom. The number of carbonyl (C=O) groups excluding carboxylic acids is 1. The van der Waals surface area contributed by atoms with E-state index in [1.54, 1.807) is 31.2 Å². The number of Topliss-reactive ketones (excluding diaryl/α,β-unsaturated/α-hetero) is 1. The number of hydrogen-bond acceptors (Lipinski definition) is 4. The van der Waals surface area contributed by atoms with Crippen molar-refractivity contribution in [1.29, 1.82) is 5.26 Å². The van der Waals surface area contributed by atoms with Crippen LogP contribution in [0, 0.1) is 18.3 Å². The summed E-state index contributed by atoms with van der Waals surface area (Å²) in [6.45, 7) is 3.14. The quantitative estimate of drug-likeness (QED) is 0.879. The Morgan fingerprint density at radius 3 is 2.50 bits per heavy atom. The van der Waals surface area contributed by atoms with E-state index in [1.165, 1.54) is 25.1 Å². The lowest BCUT2D eigenvalue weighted by atomic mass is 10.1. The zero-order valence-electron chi connectivity index (χ0n) is 12.1. The maximum atomic E-state index is 12.5. The van der Waals surface area contributed by atoms with Gasteiger partial charge in [-0.25, -0.2) is 8.42 Å². The van der Waals surface area contributed by atoms with Crippen LogP contribution in [0.5, 0.6) is 0 Å². The van der Waals surface area contributed by atoms with Crippen molar-refractivity contribution in [3.63, 3.8) is 0 Å². The van der Waals surface area contributed by atoms with Crippen molar-refractivity contribution < 1.29 is 13.2 Å². The van der Waals surface area contributed by atoms with E-state index in [-0.39, 0.29) is 16.2 Å². The average molecular weight is 314 g/mol. The van der Waals surface area contributed by atoms with Gasteiger partial charge in [-0.15, -0.1) is 0 Å². The maximum absolute atomic E-state index is 12.5. The van der Waals surface area contributed by atoms with Crippen molar-refractivity contribution in [1.82, 2.24) is 0 Å². The van der Waals surface area contributed by atoms with Crippen LogP contribution < -0.4 is 4.72 Å². The number of carbonyl (C=O) groups is 1. The Labute approximate surface area is 129 Å². The Kier molecular flexibility index (Phi) is 4.29. The van der Waals surface area contributed by atoms with Gasteiger partial charge in [0, 0.05) is 5.56 Å². The lowest BCUT2D eigenvalue weighted by Gasteiger charge is -2.12. The largest absolute Gasteiger partial charge is 0.295 e. The summed E-state index contributed by atoms with van der Waals surface area (Å²) >= 11 is 0. The van der Waals surface area contributed by atoms with Crippen LogP contribution in [-0.4, -0.2) is 14.2 Å². The molecule has 0 aliphatic rings. The minimum Gasteiger partial charge on any atom is -0.295 e. The number of rotatable bonds is 4. The number of ketones is 1. The summed E-state index contributed by atoms with van der Waals surface area (Å²) < 4.78 is 27.4. The number of hydrogen-bond donors (Lipinski definition) is 1. The van der Waals surface area contributed by atoms with Gasteiger partial charge in [0.05, 0.1) is 11.3 Å². The number of benzene rings is 2. The highest BCUT2D eigenvalue weighted by atomic mass is 32.2. The third kappa shape index (κ3) is 3.15. The number of anilines is 1. The zero-order chi connectivity index (χ0) is 16.3. The first-order chi connectivity index (χ1) is 10.3. The summed E-state index contributed by atoms with van der Waals surface area (Å²) in [6, 6.07) is 12.6. The molecule has 0 heterocycles. The van der Waals surface area contributed by atoms with E-state index in [4.69, 9.17) is 5.26 Å². The van der Waals surface area contributed by atoms with Crippen LogP contribution in [0.15, 0.2) is 47.4 Å². The smallest absolute Gasteiger partial charge is 0.263 e. The molecule has 0 aliphatic carbocycles. The normalized spacial score (nSPS) is 10.8. The van der Waals surface area contributed by atoms with Crippen molar-refractivity contribution in [2.24, 2.45) is 0 Å². The van der Waals surface area contributed by atoms with Gasteiger partial charge in [-0.3, -0.25) is 9.52 Å². The van der Waals surface area contributed by atoms with Crippen molar-refractivity contribution in [3.8, 4) is 6.07 Å². The Balaban J connectivity index is 2.48. The van der Waals surface area contributed by atoms with Crippen LogP contribution in [0.3, 0.4) is 0 Å². The van der Waals surface area contributed by atoms with Gasteiger partial charge in [-0.2, -0.15) is 5.26 Å². The lowest BCUT2D eigenvalue weighted by Crippen LogP contribution is -2.15. The minimum absolute atomic E-state index is 0.0652. The summed E-state index contributed by atoms with van der Waals surface area (Å²) in [5.41, 5.74) is 1.48. The molecule has 112 valence electrons. The van der Waals surface area contributed by atoms with E-state index < -0.39 is 10.0 Å². The first kappa shape index (κ1) is 15.7. The van der Waals surface area contributed by atoms with Crippen LogP contribution in [0.4, 0.5) is 5.69 Å². The molecular weight excluding hydrogens is 300 g/mol. The van der Waals surface area contributed by atoms with Crippen molar-refractivity contribution in [3.05, 3.63) is 59.2 Å². The van der Waals surface area contributed by atoms with Crippen LogP contribution in [-0.2, 0) is 10.0 Å². The van der Waals surface area contributed by atoms with Gasteiger partial charge in [-0.1, -0.05) is 24.3 Å². The number of nitrogens with one attached hydrogen (secondary N) is 1. The zero-order valence-corrected chi connectivity index (χ0v) is 12.9. The molecule has 0 bridgehead atoms. The van der Waals surface area contributed by atoms with E-state index in [9.17, 15) is 13.2 Å². The molecule has 0 aromatic heterocycles. The highest BCUT2D eigenvalue weighted by Crippen LogP contribution is 2.23. The van der Waals surface area contributed by atoms with Gasteiger partial charge < -0.3 is 0 Å². The van der Waals surface area contributed by atoms with Gasteiger partial charge in [0.15, 0.2) is 5.78 Å². The fourth-order valence-electron chi connectivity index (χ4n) is 1.94. The van der Waals surface area contributed by atoms with Crippen molar-refractivity contribution >= 4 is 21.5 Å². The molecule has 5 nitrogen and oxygen atoms in total.